The molecule has 3 aliphatic carbocycles. The normalized spacial score (nSPS) is 21.7. The summed E-state index contributed by atoms with van der Waals surface area (Å²) in [7, 11) is 0. The molecule has 338 valence electrons. The second-order valence-corrected chi connectivity index (χ2v) is 19.6. The van der Waals surface area contributed by atoms with Gasteiger partial charge in [0.15, 0.2) is 11.3 Å². The van der Waals surface area contributed by atoms with Crippen LogP contribution in [0.4, 0.5) is 11.5 Å². The zero-order valence-corrected chi connectivity index (χ0v) is 37.9. The Balaban J connectivity index is 0.806. The Labute approximate surface area is 390 Å². The largest absolute Gasteiger partial charge is 0.378 e. The third-order valence-electron chi connectivity index (χ3n) is 15.3. The van der Waals surface area contributed by atoms with Gasteiger partial charge in [0.05, 0.1) is 32.1 Å². The predicted molar refractivity (Wildman–Crippen MR) is 264 cm³/mol. The molecule has 0 spiro atoms. The summed E-state index contributed by atoms with van der Waals surface area (Å²) in [5.74, 6) is 3.62. The number of pyridine rings is 2. The minimum absolute atomic E-state index is 0.238. The van der Waals surface area contributed by atoms with Crippen molar-refractivity contribution >= 4 is 33.8 Å². The summed E-state index contributed by atoms with van der Waals surface area (Å²) in [6, 6.07) is 43.6. The third kappa shape index (κ3) is 7.20. The molecule has 0 atom stereocenters. The molecule has 13 rings (SSSR count). The van der Waals surface area contributed by atoms with Gasteiger partial charge in [0.2, 0.25) is 0 Å². The molecule has 3 saturated carbocycles. The summed E-state index contributed by atoms with van der Waals surface area (Å²) in [5, 5.41) is 0. The van der Waals surface area contributed by atoms with Gasteiger partial charge in [-0.1, -0.05) is 60.7 Å². The highest BCUT2D eigenvalue weighted by Gasteiger charge is 2.44. The van der Waals surface area contributed by atoms with Crippen molar-refractivity contribution in [3.63, 3.8) is 0 Å². The number of morpholine rings is 2. The van der Waals surface area contributed by atoms with E-state index < -0.39 is 5.54 Å². The minimum atomic E-state index is -0.464. The lowest BCUT2D eigenvalue weighted by Crippen LogP contribution is -2.48. The van der Waals surface area contributed by atoms with E-state index in [0.717, 1.165) is 151 Å². The lowest BCUT2D eigenvalue weighted by Gasteiger charge is -2.46. The second-order valence-electron chi connectivity index (χ2n) is 19.6. The van der Waals surface area contributed by atoms with E-state index in [1.54, 1.807) is 0 Å². The Morgan fingerprint density at radius 2 is 1.18 bits per heavy atom. The van der Waals surface area contributed by atoms with Crippen LogP contribution in [0.5, 0.6) is 0 Å². The van der Waals surface area contributed by atoms with E-state index in [1.807, 2.05) is 0 Å². The SMILES string of the molecule is NC1(c2ccc(-n3c(-c4ccccc4C4CC(N)(c5ccc(-n6c(C7CC7)nc7ccc(-c8cccc(N9CCOCC9)c8)nc76)cc5)C4)nc4ccc(N5CCOCC5)nc43)cc2)CCC1. The van der Waals surface area contributed by atoms with Crippen LogP contribution >= 0.6 is 0 Å². The molecule has 12 nitrogen and oxygen atoms in total. The quantitative estimate of drug-likeness (QED) is 0.137. The van der Waals surface area contributed by atoms with E-state index in [2.05, 4.69) is 140 Å². The van der Waals surface area contributed by atoms with Crippen LogP contribution < -0.4 is 21.3 Å². The van der Waals surface area contributed by atoms with Gasteiger partial charge in [-0.2, -0.15) is 0 Å². The zero-order chi connectivity index (χ0) is 44.7. The molecule has 6 heterocycles. The lowest BCUT2D eigenvalue weighted by molar-refractivity contribution is 0.122. The van der Waals surface area contributed by atoms with Gasteiger partial charge in [0, 0.05) is 71.4 Å². The minimum Gasteiger partial charge on any atom is -0.378 e. The fourth-order valence-corrected chi connectivity index (χ4v) is 11.1. The van der Waals surface area contributed by atoms with Crippen molar-refractivity contribution in [2.24, 2.45) is 11.5 Å². The first-order valence-electron chi connectivity index (χ1n) is 24.3. The Kier molecular flexibility index (Phi) is 9.82. The Morgan fingerprint density at radius 1 is 0.537 bits per heavy atom. The number of hydrogen-bond donors (Lipinski definition) is 2. The highest BCUT2D eigenvalue weighted by molar-refractivity contribution is 5.83. The summed E-state index contributed by atoms with van der Waals surface area (Å²) >= 11 is 0. The molecule has 2 saturated heterocycles. The number of nitrogens with two attached hydrogens (primary N) is 2. The van der Waals surface area contributed by atoms with Crippen LogP contribution in [-0.2, 0) is 20.6 Å². The van der Waals surface area contributed by atoms with Gasteiger partial charge in [0.1, 0.15) is 28.5 Å². The van der Waals surface area contributed by atoms with Gasteiger partial charge in [-0.05, 0) is 128 Å². The van der Waals surface area contributed by atoms with Crippen LogP contribution in [-0.4, -0.2) is 81.7 Å². The number of nitrogens with zero attached hydrogens (tertiary/aromatic N) is 8. The molecule has 4 aromatic heterocycles. The van der Waals surface area contributed by atoms with Crippen LogP contribution in [0, 0.1) is 0 Å². The number of anilines is 2. The highest BCUT2D eigenvalue weighted by Crippen LogP contribution is 2.52. The van der Waals surface area contributed by atoms with Gasteiger partial charge >= 0.3 is 0 Å². The number of fused-ring (bicyclic) bond motifs is 2. The first kappa shape index (κ1) is 40.8. The first-order valence-corrected chi connectivity index (χ1v) is 24.3. The Morgan fingerprint density at radius 3 is 1.88 bits per heavy atom. The van der Waals surface area contributed by atoms with Gasteiger partial charge in [-0.25, -0.2) is 19.9 Å². The number of ether oxygens (including phenoxy) is 2. The van der Waals surface area contributed by atoms with Gasteiger partial charge in [0.25, 0.3) is 0 Å². The van der Waals surface area contributed by atoms with Crippen LogP contribution in [0.25, 0.3) is 56.3 Å². The summed E-state index contributed by atoms with van der Waals surface area (Å²) in [6.07, 6.45) is 7.16. The molecule has 0 amide bonds. The molecule has 2 aliphatic heterocycles. The van der Waals surface area contributed by atoms with Crippen molar-refractivity contribution in [3.05, 3.63) is 144 Å². The molecule has 12 heteroatoms. The van der Waals surface area contributed by atoms with E-state index in [0.29, 0.717) is 19.1 Å². The molecule has 0 bridgehead atoms. The van der Waals surface area contributed by atoms with Crippen molar-refractivity contribution in [2.45, 2.75) is 67.9 Å². The lowest BCUT2D eigenvalue weighted by atomic mass is 9.62. The number of aromatic nitrogens is 6. The maximum absolute atomic E-state index is 7.38. The first-order chi connectivity index (χ1) is 32.9. The smallest absolute Gasteiger partial charge is 0.167 e. The Bertz CT molecular complexity index is 3130. The van der Waals surface area contributed by atoms with Gasteiger partial charge in [-0.15, -0.1) is 0 Å². The number of imidazole rings is 2. The molecule has 0 radical (unpaired) electrons. The van der Waals surface area contributed by atoms with Crippen molar-refractivity contribution in [2.75, 3.05) is 62.4 Å². The number of rotatable bonds is 10. The summed E-state index contributed by atoms with van der Waals surface area (Å²) in [4.78, 5) is 25.8. The van der Waals surface area contributed by atoms with Crippen LogP contribution in [0.3, 0.4) is 0 Å². The number of hydrogen-bond acceptors (Lipinski definition) is 10. The maximum Gasteiger partial charge on any atom is 0.167 e. The van der Waals surface area contributed by atoms with Crippen molar-refractivity contribution in [1.29, 1.82) is 0 Å². The molecule has 0 unspecified atom stereocenters. The summed E-state index contributed by atoms with van der Waals surface area (Å²) < 4.78 is 15.8. The highest BCUT2D eigenvalue weighted by atomic mass is 16.5. The van der Waals surface area contributed by atoms with Crippen LogP contribution in [0.2, 0.25) is 0 Å². The zero-order valence-electron chi connectivity index (χ0n) is 37.9. The molecule has 5 fully saturated rings. The maximum atomic E-state index is 7.38. The molecule has 4 aromatic carbocycles. The molecule has 5 aliphatic rings. The van der Waals surface area contributed by atoms with E-state index in [-0.39, 0.29) is 11.5 Å². The van der Waals surface area contributed by atoms with Crippen LogP contribution in [0.15, 0.2) is 121 Å². The van der Waals surface area contributed by atoms with E-state index >= 15 is 0 Å². The monoisotopic (exact) mass is 888 g/mol. The van der Waals surface area contributed by atoms with Gasteiger partial charge < -0.3 is 30.7 Å². The van der Waals surface area contributed by atoms with Crippen molar-refractivity contribution in [1.82, 2.24) is 29.1 Å². The molecule has 67 heavy (non-hydrogen) atoms. The number of benzene rings is 4. The van der Waals surface area contributed by atoms with E-state index in [1.165, 1.54) is 23.2 Å². The average molecular weight is 889 g/mol. The molecular formula is C55H56N10O2. The molecular weight excluding hydrogens is 833 g/mol. The fraction of sp³-hybridized carbons (Fsp3) is 0.345. The van der Waals surface area contributed by atoms with Crippen LogP contribution in [0.1, 0.15) is 79.3 Å². The van der Waals surface area contributed by atoms with Crippen molar-refractivity contribution in [3.8, 4) is 34.0 Å². The third-order valence-corrected chi connectivity index (χ3v) is 15.3. The van der Waals surface area contributed by atoms with Crippen molar-refractivity contribution < 1.29 is 9.47 Å². The van der Waals surface area contributed by atoms with E-state index in [4.69, 9.17) is 40.9 Å². The molecule has 8 aromatic rings. The predicted octanol–water partition coefficient (Wildman–Crippen LogP) is 9.11. The van der Waals surface area contributed by atoms with E-state index in [9.17, 15) is 0 Å². The standard InChI is InChI=1S/C55H56N10O2/c56-54(23-4-24-54)39-11-15-42(16-12-39)65-51(60-48-21-22-49(61-53(48)65)63-27-31-67-32-28-63)45-8-2-1-7-44(45)38-34-55(57,35-38)40-13-17-41(18-14-40)64-50(36-9-10-36)59-47-20-19-46(58-52(47)64)37-5-3-6-43(33-37)62-25-29-66-30-26-62/h1-3,5-8,11-22,33,36,38H,4,9-10,23-32,34-35,56-57H2. The van der Waals surface area contributed by atoms with Gasteiger partial charge in [-0.3, -0.25) is 9.13 Å². The second kappa shape index (κ2) is 16.1. The summed E-state index contributed by atoms with van der Waals surface area (Å²) in [6.45, 7) is 6.31. The Hall–Kier alpha value is -6.44. The molecule has 4 N–H and O–H groups in total. The average Bonchev–Trinajstić information content (AvgIpc) is 4.04. The topological polar surface area (TPSA) is 138 Å². The fourth-order valence-electron chi connectivity index (χ4n) is 11.1. The summed E-state index contributed by atoms with van der Waals surface area (Å²) in [5.41, 5.74) is 27.0.